The van der Waals surface area contributed by atoms with Crippen LogP contribution in [0.2, 0.25) is 0 Å². The first kappa shape index (κ1) is 8.35. The average Bonchev–Trinajstić information content (AvgIpc) is 1.82. The predicted molar refractivity (Wildman–Crippen MR) is 32.4 cm³/mol. The van der Waals surface area contributed by atoms with Crippen molar-refractivity contribution >= 4 is 5.97 Å². The van der Waals surface area contributed by atoms with Crippen LogP contribution in [-0.4, -0.2) is 23.7 Å². The molecule has 0 aromatic heterocycles. The van der Waals surface area contributed by atoms with Gasteiger partial charge in [-0.15, -0.1) is 0 Å². The van der Waals surface area contributed by atoms with E-state index in [4.69, 9.17) is 16.7 Å². The Morgan fingerprint density at radius 1 is 1.78 bits per heavy atom. The predicted octanol–water partition coefficient (Wildman–Crippen LogP) is -1.75. The van der Waals surface area contributed by atoms with Gasteiger partial charge < -0.3 is 10.8 Å². The van der Waals surface area contributed by atoms with Crippen LogP contribution in [0, 0.1) is 0 Å². The summed E-state index contributed by atoms with van der Waals surface area (Å²) >= 11 is 0. The number of hydrogen-bond donors (Lipinski definition) is 4. The Labute approximate surface area is 53.0 Å². The van der Waals surface area contributed by atoms with Gasteiger partial charge >= 0.3 is 5.97 Å². The van der Waals surface area contributed by atoms with E-state index in [-0.39, 0.29) is 19.0 Å². The van der Waals surface area contributed by atoms with Crippen LogP contribution in [0.15, 0.2) is 0 Å². The number of aliphatic carboxylic acids is 1. The largest absolute Gasteiger partial charge is 0.481 e. The highest BCUT2D eigenvalue weighted by Crippen LogP contribution is 1.85. The van der Waals surface area contributed by atoms with Gasteiger partial charge in [-0.25, -0.2) is 0 Å². The molecule has 0 radical (unpaired) electrons. The molecule has 9 heavy (non-hydrogen) atoms. The Bertz CT molecular complexity index is 91.8. The zero-order valence-corrected chi connectivity index (χ0v) is 5.00. The molecule has 0 aliphatic heterocycles. The van der Waals surface area contributed by atoms with Crippen molar-refractivity contribution in [3.8, 4) is 0 Å². The molecule has 0 saturated carbocycles. The highest BCUT2D eigenvalue weighted by molar-refractivity contribution is 5.67. The maximum atomic E-state index is 9.98. The maximum absolute atomic E-state index is 9.98. The van der Waals surface area contributed by atoms with Crippen molar-refractivity contribution in [2.45, 2.75) is 12.5 Å². The standard InChI is InChI=1S/C4H11N3O2/c5-2-3(7-6)1-4(8)9/h3,7H,1-2,5-6H2,(H,8,9). The van der Waals surface area contributed by atoms with Crippen LogP contribution in [-0.2, 0) is 4.79 Å². The lowest BCUT2D eigenvalue weighted by Gasteiger charge is -2.08. The number of nitrogens with two attached hydrogens (primary N) is 2. The molecule has 6 N–H and O–H groups in total. The van der Waals surface area contributed by atoms with Crippen LogP contribution in [0.4, 0.5) is 0 Å². The van der Waals surface area contributed by atoms with Gasteiger partial charge in [0.2, 0.25) is 0 Å². The molecule has 1 unspecified atom stereocenters. The molecule has 0 aromatic rings. The fraction of sp³-hybridized carbons (Fsp3) is 0.750. The minimum Gasteiger partial charge on any atom is -0.481 e. The molecule has 5 nitrogen and oxygen atoms in total. The smallest absolute Gasteiger partial charge is 0.305 e. The van der Waals surface area contributed by atoms with Crippen molar-refractivity contribution in [3.63, 3.8) is 0 Å². The minimum absolute atomic E-state index is 0.0347. The van der Waals surface area contributed by atoms with Crippen LogP contribution in [0.25, 0.3) is 0 Å². The third kappa shape index (κ3) is 3.89. The van der Waals surface area contributed by atoms with Gasteiger partial charge in [0.25, 0.3) is 0 Å². The summed E-state index contributed by atoms with van der Waals surface area (Å²) in [7, 11) is 0. The summed E-state index contributed by atoms with van der Waals surface area (Å²) in [5.41, 5.74) is 7.40. The molecule has 54 valence electrons. The van der Waals surface area contributed by atoms with Gasteiger partial charge in [-0.2, -0.15) is 0 Å². The molecule has 5 heteroatoms. The Morgan fingerprint density at radius 2 is 2.33 bits per heavy atom. The molecule has 0 bridgehead atoms. The lowest BCUT2D eigenvalue weighted by Crippen LogP contribution is -2.42. The molecule has 0 amide bonds. The zero-order chi connectivity index (χ0) is 7.28. The van der Waals surface area contributed by atoms with E-state index in [0.717, 1.165) is 0 Å². The summed E-state index contributed by atoms with van der Waals surface area (Å²) in [4.78, 5) is 9.98. The molecular weight excluding hydrogens is 122 g/mol. The van der Waals surface area contributed by atoms with Crippen LogP contribution in [0.1, 0.15) is 6.42 Å². The van der Waals surface area contributed by atoms with Crippen LogP contribution < -0.4 is 17.0 Å². The van der Waals surface area contributed by atoms with E-state index in [2.05, 4.69) is 5.43 Å². The van der Waals surface area contributed by atoms with Crippen LogP contribution in [0.5, 0.6) is 0 Å². The third-order valence-electron chi connectivity index (χ3n) is 0.941. The maximum Gasteiger partial charge on any atom is 0.305 e. The van der Waals surface area contributed by atoms with Crippen LogP contribution in [0.3, 0.4) is 0 Å². The summed E-state index contributed by atoms with van der Waals surface area (Å²) in [5, 5.41) is 8.20. The van der Waals surface area contributed by atoms with E-state index >= 15 is 0 Å². The lowest BCUT2D eigenvalue weighted by atomic mass is 10.2. The monoisotopic (exact) mass is 133 g/mol. The Morgan fingerprint density at radius 3 is 2.44 bits per heavy atom. The van der Waals surface area contributed by atoms with E-state index in [9.17, 15) is 4.79 Å². The van der Waals surface area contributed by atoms with Crippen molar-refractivity contribution in [1.82, 2.24) is 5.43 Å². The fourth-order valence-electron chi connectivity index (χ4n) is 0.421. The molecule has 0 saturated heterocycles. The second-order valence-corrected chi connectivity index (χ2v) is 1.70. The molecule has 0 fully saturated rings. The van der Waals surface area contributed by atoms with Gasteiger partial charge in [0, 0.05) is 12.6 Å². The number of nitrogens with one attached hydrogen (secondary N) is 1. The first-order chi connectivity index (χ1) is 4.20. The fourth-order valence-corrected chi connectivity index (χ4v) is 0.421. The minimum atomic E-state index is -0.900. The number of carbonyl (C=O) groups is 1. The molecule has 0 aromatic carbocycles. The zero-order valence-electron chi connectivity index (χ0n) is 5.00. The Hall–Kier alpha value is -0.650. The van der Waals surface area contributed by atoms with E-state index in [1.807, 2.05) is 0 Å². The summed E-state index contributed by atoms with van der Waals surface area (Å²) in [6.07, 6.45) is -0.0347. The SMILES string of the molecule is NCC(CC(=O)O)NN. The number of rotatable bonds is 4. The van der Waals surface area contributed by atoms with Crippen molar-refractivity contribution < 1.29 is 9.90 Å². The van der Waals surface area contributed by atoms with Crippen molar-refractivity contribution in [2.75, 3.05) is 6.54 Å². The highest BCUT2D eigenvalue weighted by atomic mass is 16.4. The van der Waals surface area contributed by atoms with Gasteiger partial charge in [0.1, 0.15) is 0 Å². The average molecular weight is 133 g/mol. The number of carboxylic acid groups (broad SMARTS) is 1. The van der Waals surface area contributed by atoms with Gasteiger partial charge in [-0.1, -0.05) is 0 Å². The quantitative estimate of drug-likeness (QED) is 0.269. The molecule has 0 aliphatic rings. The highest BCUT2D eigenvalue weighted by Gasteiger charge is 2.07. The van der Waals surface area contributed by atoms with Gasteiger partial charge in [-0.3, -0.25) is 16.1 Å². The summed E-state index contributed by atoms with van der Waals surface area (Å²) < 4.78 is 0. The normalized spacial score (nSPS) is 13.1. The van der Waals surface area contributed by atoms with Gasteiger partial charge in [0.05, 0.1) is 6.42 Å². The molecule has 0 aliphatic carbocycles. The van der Waals surface area contributed by atoms with Crippen molar-refractivity contribution in [3.05, 3.63) is 0 Å². The van der Waals surface area contributed by atoms with E-state index in [1.54, 1.807) is 0 Å². The lowest BCUT2D eigenvalue weighted by molar-refractivity contribution is -0.137. The second kappa shape index (κ2) is 4.25. The van der Waals surface area contributed by atoms with E-state index < -0.39 is 5.97 Å². The summed E-state index contributed by atoms with van der Waals surface area (Å²) in [5.74, 6) is 4.04. The molecule has 0 heterocycles. The Kier molecular flexibility index (Phi) is 3.94. The van der Waals surface area contributed by atoms with Gasteiger partial charge in [0.15, 0.2) is 0 Å². The summed E-state index contributed by atoms with van der Waals surface area (Å²) in [6.45, 7) is 0.239. The molecule has 1 atom stereocenters. The molecule has 0 spiro atoms. The number of hydrogen-bond acceptors (Lipinski definition) is 4. The first-order valence-corrected chi connectivity index (χ1v) is 2.58. The topological polar surface area (TPSA) is 101 Å². The van der Waals surface area contributed by atoms with E-state index in [1.165, 1.54) is 0 Å². The summed E-state index contributed by atoms with van der Waals surface area (Å²) in [6, 6.07) is -0.317. The number of carboxylic acids is 1. The van der Waals surface area contributed by atoms with Crippen LogP contribution >= 0.6 is 0 Å². The number of hydrazine groups is 1. The van der Waals surface area contributed by atoms with Crippen molar-refractivity contribution in [1.29, 1.82) is 0 Å². The van der Waals surface area contributed by atoms with E-state index in [0.29, 0.717) is 0 Å². The third-order valence-corrected chi connectivity index (χ3v) is 0.941. The molecular formula is C4H11N3O2. The Balaban J connectivity index is 3.43. The first-order valence-electron chi connectivity index (χ1n) is 2.58. The molecule has 0 rings (SSSR count). The van der Waals surface area contributed by atoms with Gasteiger partial charge in [-0.05, 0) is 0 Å². The van der Waals surface area contributed by atoms with Crippen molar-refractivity contribution in [2.24, 2.45) is 11.6 Å². The second-order valence-electron chi connectivity index (χ2n) is 1.70.